The van der Waals surface area contributed by atoms with Crippen molar-refractivity contribution >= 4 is 34.6 Å². The van der Waals surface area contributed by atoms with Crippen molar-refractivity contribution in [1.82, 2.24) is 29.2 Å². The monoisotopic (exact) mass is 563 g/mol. The quantitative estimate of drug-likeness (QED) is 0.356. The van der Waals surface area contributed by atoms with Gasteiger partial charge in [-0.25, -0.2) is 9.78 Å². The molecular formula is C22H20F3N9O4S. The van der Waals surface area contributed by atoms with Crippen LogP contribution >= 0.6 is 11.3 Å². The van der Waals surface area contributed by atoms with Crippen molar-refractivity contribution in [2.45, 2.75) is 26.6 Å². The van der Waals surface area contributed by atoms with Crippen LogP contribution in [0.15, 0.2) is 31.8 Å². The molecule has 5 heterocycles. The van der Waals surface area contributed by atoms with Gasteiger partial charge in [0, 0.05) is 31.1 Å². The molecule has 0 bridgehead atoms. The topological polar surface area (TPSA) is 153 Å². The molecule has 2 N–H and O–H groups in total. The van der Waals surface area contributed by atoms with Crippen LogP contribution in [0.2, 0.25) is 0 Å². The molecule has 0 spiro atoms. The normalized spacial score (nSPS) is 12.9. The van der Waals surface area contributed by atoms with Gasteiger partial charge in [0.2, 0.25) is 11.8 Å². The van der Waals surface area contributed by atoms with Crippen LogP contribution in [-0.4, -0.2) is 48.4 Å². The molecule has 0 saturated carbocycles. The maximum atomic E-state index is 13.2. The van der Waals surface area contributed by atoms with Gasteiger partial charge in [0.25, 0.3) is 5.56 Å². The number of carbonyl (C=O) groups is 1. The fourth-order valence-electron chi connectivity index (χ4n) is 4.12. The Bertz CT molecular complexity index is 1710. The van der Waals surface area contributed by atoms with Crippen molar-refractivity contribution in [1.29, 1.82) is 0 Å². The van der Waals surface area contributed by atoms with Gasteiger partial charge in [-0.05, 0) is 18.6 Å². The molecular weight excluding hydrogens is 543 g/mol. The maximum absolute atomic E-state index is 13.2. The highest BCUT2D eigenvalue weighted by Crippen LogP contribution is 2.33. The first-order valence-corrected chi connectivity index (χ1v) is 12.2. The lowest BCUT2D eigenvalue weighted by molar-refractivity contribution is -0.141. The van der Waals surface area contributed by atoms with E-state index in [4.69, 9.17) is 4.52 Å². The Kier molecular flexibility index (Phi) is 6.45. The largest absolute Gasteiger partial charge is 0.433 e. The zero-order valence-corrected chi connectivity index (χ0v) is 21.5. The number of amides is 1. The number of nitrogens with one attached hydrogen (secondary N) is 2. The fourth-order valence-corrected chi connectivity index (χ4v) is 4.85. The standard InChI is InChI=1S/C22H20F3N9O4S/c1-10-4-12(5-26-17(10)22(23,24)25)19-30-14(8-39-19)29-15(35)7-33-9-27-18-16(33)20(36)34(21(37)32(18)3)6-13-28-11(2)38-31-13/h4-5,8,27H,6-7,9H2,1-3H3,(H,29,35). The third kappa shape index (κ3) is 4.99. The van der Waals surface area contributed by atoms with Crippen LogP contribution in [0.25, 0.3) is 10.6 Å². The zero-order valence-electron chi connectivity index (χ0n) is 20.7. The highest BCUT2D eigenvalue weighted by molar-refractivity contribution is 7.13. The van der Waals surface area contributed by atoms with E-state index in [2.05, 4.69) is 30.7 Å². The number of nitrogens with zero attached hydrogens (tertiary/aromatic N) is 7. The molecule has 17 heteroatoms. The number of rotatable bonds is 6. The summed E-state index contributed by atoms with van der Waals surface area (Å²) in [7, 11) is 1.49. The average molecular weight is 564 g/mol. The van der Waals surface area contributed by atoms with Crippen LogP contribution in [0.5, 0.6) is 0 Å². The molecule has 1 amide bonds. The van der Waals surface area contributed by atoms with Crippen molar-refractivity contribution in [3.05, 3.63) is 61.5 Å². The lowest BCUT2D eigenvalue weighted by atomic mass is 10.1. The van der Waals surface area contributed by atoms with Crippen molar-refractivity contribution in [2.24, 2.45) is 7.05 Å². The van der Waals surface area contributed by atoms with Crippen molar-refractivity contribution in [3.63, 3.8) is 0 Å². The second kappa shape index (κ2) is 9.64. The number of thiazole rings is 1. The summed E-state index contributed by atoms with van der Waals surface area (Å²) in [6.07, 6.45) is -3.48. The number of pyridine rings is 1. The molecule has 0 fully saturated rings. The molecule has 1 aliphatic heterocycles. The van der Waals surface area contributed by atoms with Crippen LogP contribution in [0.1, 0.15) is 23.0 Å². The predicted octanol–water partition coefficient (Wildman–Crippen LogP) is 1.96. The minimum Gasteiger partial charge on any atom is -0.352 e. The number of hydrogen-bond acceptors (Lipinski definition) is 11. The number of aromatic nitrogens is 6. The number of halogens is 3. The first-order chi connectivity index (χ1) is 18.4. The minimum absolute atomic E-state index is 0.0458. The summed E-state index contributed by atoms with van der Waals surface area (Å²) < 4.78 is 46.1. The van der Waals surface area contributed by atoms with E-state index in [1.165, 1.54) is 29.5 Å². The van der Waals surface area contributed by atoms with Gasteiger partial charge in [-0.3, -0.25) is 23.7 Å². The van der Waals surface area contributed by atoms with Crippen molar-refractivity contribution in [2.75, 3.05) is 28.7 Å². The Morgan fingerprint density at radius 3 is 2.69 bits per heavy atom. The van der Waals surface area contributed by atoms with Crippen LogP contribution in [-0.2, 0) is 24.6 Å². The van der Waals surface area contributed by atoms with E-state index in [1.807, 2.05) is 0 Å². The van der Waals surface area contributed by atoms with Gasteiger partial charge in [0.15, 0.2) is 5.82 Å². The predicted molar refractivity (Wildman–Crippen MR) is 134 cm³/mol. The first kappa shape index (κ1) is 26.1. The summed E-state index contributed by atoms with van der Waals surface area (Å²) in [5, 5.41) is 11.2. The molecule has 1 aliphatic rings. The third-order valence-corrected chi connectivity index (χ3v) is 6.74. The molecule has 13 nitrogen and oxygen atoms in total. The number of carbonyl (C=O) groups excluding carboxylic acids is 1. The second-order valence-corrected chi connectivity index (χ2v) is 9.52. The van der Waals surface area contributed by atoms with E-state index in [0.29, 0.717) is 10.6 Å². The average Bonchev–Trinajstić information content (AvgIpc) is 3.60. The summed E-state index contributed by atoms with van der Waals surface area (Å²) in [6, 6.07) is 1.33. The molecule has 0 radical (unpaired) electrons. The van der Waals surface area contributed by atoms with Gasteiger partial charge in [-0.1, -0.05) is 5.16 Å². The molecule has 0 unspecified atom stereocenters. The Morgan fingerprint density at radius 2 is 2.03 bits per heavy atom. The van der Waals surface area contributed by atoms with Gasteiger partial charge in [-0.15, -0.1) is 11.3 Å². The molecule has 4 aromatic heterocycles. The Balaban J connectivity index is 1.33. The molecule has 4 aromatic rings. The highest BCUT2D eigenvalue weighted by Gasteiger charge is 2.34. The van der Waals surface area contributed by atoms with E-state index < -0.39 is 29.0 Å². The number of hydrogen-bond donors (Lipinski definition) is 2. The minimum atomic E-state index is -4.56. The molecule has 0 atom stereocenters. The van der Waals surface area contributed by atoms with Gasteiger partial charge >= 0.3 is 11.9 Å². The summed E-state index contributed by atoms with van der Waals surface area (Å²) in [4.78, 5) is 52.1. The Labute approximate surface area is 220 Å². The SMILES string of the molecule is Cc1nc(Cn2c(=O)c3c(n(C)c2=O)NCN3CC(=O)Nc2csc(-c3cnc(C(F)(F)F)c(C)c3)n2)no1. The van der Waals surface area contributed by atoms with Gasteiger partial charge < -0.3 is 20.1 Å². The zero-order chi connectivity index (χ0) is 28.1. The maximum Gasteiger partial charge on any atom is 0.433 e. The van der Waals surface area contributed by atoms with E-state index in [1.54, 1.807) is 12.3 Å². The lowest BCUT2D eigenvalue weighted by Crippen LogP contribution is -2.42. The van der Waals surface area contributed by atoms with Crippen LogP contribution < -0.4 is 26.8 Å². The molecule has 204 valence electrons. The first-order valence-electron chi connectivity index (χ1n) is 11.3. The smallest absolute Gasteiger partial charge is 0.352 e. The van der Waals surface area contributed by atoms with E-state index >= 15 is 0 Å². The molecule has 0 saturated heterocycles. The molecule has 0 aliphatic carbocycles. The third-order valence-electron chi connectivity index (χ3n) is 5.85. The number of aryl methyl sites for hydroxylation is 2. The number of alkyl halides is 3. The fraction of sp³-hybridized carbons (Fsp3) is 0.318. The Morgan fingerprint density at radius 1 is 1.26 bits per heavy atom. The van der Waals surface area contributed by atoms with Crippen LogP contribution in [0, 0.1) is 13.8 Å². The summed E-state index contributed by atoms with van der Waals surface area (Å²) in [6.45, 7) is 2.52. The summed E-state index contributed by atoms with van der Waals surface area (Å²) in [5.74, 6) is 0.386. The second-order valence-electron chi connectivity index (χ2n) is 8.67. The van der Waals surface area contributed by atoms with Crippen molar-refractivity contribution < 1.29 is 22.5 Å². The van der Waals surface area contributed by atoms with Crippen LogP contribution in [0.4, 0.5) is 30.5 Å². The Hall–Kier alpha value is -4.54. The van der Waals surface area contributed by atoms with E-state index in [-0.39, 0.29) is 54.4 Å². The summed E-state index contributed by atoms with van der Waals surface area (Å²) >= 11 is 1.12. The molecule has 0 aromatic carbocycles. The van der Waals surface area contributed by atoms with Gasteiger partial charge in [0.1, 0.15) is 28.0 Å². The lowest BCUT2D eigenvalue weighted by Gasteiger charge is -2.17. The van der Waals surface area contributed by atoms with E-state index in [0.717, 1.165) is 22.1 Å². The van der Waals surface area contributed by atoms with Crippen molar-refractivity contribution in [3.8, 4) is 10.6 Å². The van der Waals surface area contributed by atoms with Gasteiger partial charge in [0.05, 0.1) is 19.8 Å². The van der Waals surface area contributed by atoms with E-state index in [9.17, 15) is 27.6 Å². The van der Waals surface area contributed by atoms with Gasteiger partial charge in [-0.2, -0.15) is 18.2 Å². The highest BCUT2D eigenvalue weighted by atomic mass is 32.1. The number of anilines is 3. The molecule has 5 rings (SSSR count). The van der Waals surface area contributed by atoms with Crippen LogP contribution in [0.3, 0.4) is 0 Å². The number of fused-ring (bicyclic) bond motifs is 1. The summed E-state index contributed by atoms with van der Waals surface area (Å²) in [5.41, 5.74) is -1.74. The molecule has 39 heavy (non-hydrogen) atoms.